The van der Waals surface area contributed by atoms with E-state index in [-0.39, 0.29) is 12.6 Å². The third kappa shape index (κ3) is 3.09. The van der Waals surface area contributed by atoms with Crippen LogP contribution in [0.5, 0.6) is 0 Å². The number of carbonyl (C=O) groups excluding carboxylic acids is 1. The molecule has 0 amide bonds. The molecule has 1 heterocycles. The molecule has 1 fully saturated rings. The molecule has 2 rings (SSSR count). The van der Waals surface area contributed by atoms with Crippen LogP contribution >= 0.6 is 0 Å². The summed E-state index contributed by atoms with van der Waals surface area (Å²) in [4.78, 5) is 9.84. The first kappa shape index (κ1) is 13.1. The predicted molar refractivity (Wildman–Crippen MR) is 68.0 cm³/mol. The van der Waals surface area contributed by atoms with Gasteiger partial charge in [-0.25, -0.2) is 0 Å². The summed E-state index contributed by atoms with van der Waals surface area (Å²) in [6.07, 6.45) is 1.59. The summed E-state index contributed by atoms with van der Waals surface area (Å²) in [5.41, 5.74) is 0.652. The van der Waals surface area contributed by atoms with Crippen LogP contribution in [0.4, 0.5) is 0 Å². The summed E-state index contributed by atoms with van der Waals surface area (Å²) in [5.74, 6) is -0.817. The number of hydrogen-bond acceptors (Lipinski definition) is 3. The molecule has 1 aromatic carbocycles. The first-order valence-electron chi connectivity index (χ1n) is 6.28. The molecule has 0 radical (unpaired) electrons. The smallest absolute Gasteiger partial charge is 0.345 e. The van der Waals surface area contributed by atoms with E-state index in [0.29, 0.717) is 25.2 Å². The van der Waals surface area contributed by atoms with Gasteiger partial charge >= 0.3 is 5.97 Å². The summed E-state index contributed by atoms with van der Waals surface area (Å²) in [5, 5.41) is 0. The zero-order valence-electron chi connectivity index (χ0n) is 10.6. The van der Waals surface area contributed by atoms with Crippen molar-refractivity contribution < 1.29 is 19.0 Å². The Morgan fingerprint density at radius 1 is 1.28 bits per heavy atom. The average Bonchev–Trinajstić information content (AvgIpc) is 2.47. The lowest BCUT2D eigenvalue weighted by molar-refractivity contribution is -0.281. The van der Waals surface area contributed by atoms with E-state index in [2.05, 4.69) is 0 Å². The standard InChI is InChI=1S/C14H18O4/c1-2-14(17-9-6-10-18-14)11-16-13(15)12-7-4-3-5-8-12/h3-5,7-8H,2,6,9-11H2,1H3/p+1. The fourth-order valence-corrected chi connectivity index (χ4v) is 1.85. The molecule has 0 saturated carbocycles. The van der Waals surface area contributed by atoms with Crippen LogP contribution in [-0.4, -0.2) is 36.4 Å². The third-order valence-corrected chi connectivity index (χ3v) is 3.01. The van der Waals surface area contributed by atoms with Gasteiger partial charge in [-0.3, -0.25) is 0 Å². The van der Waals surface area contributed by atoms with E-state index in [4.69, 9.17) is 14.2 Å². The quantitative estimate of drug-likeness (QED) is 0.608. The Labute approximate surface area is 107 Å². The summed E-state index contributed by atoms with van der Waals surface area (Å²) >= 11 is 0. The number of benzene rings is 1. The first-order chi connectivity index (χ1) is 8.76. The van der Waals surface area contributed by atoms with Gasteiger partial charge in [-0.15, -0.1) is 0 Å². The van der Waals surface area contributed by atoms with Crippen molar-refractivity contribution in [1.82, 2.24) is 0 Å². The Bertz CT molecular complexity index is 382. The third-order valence-electron chi connectivity index (χ3n) is 3.01. The van der Waals surface area contributed by atoms with Crippen LogP contribution in [0.2, 0.25) is 0 Å². The molecule has 0 atom stereocenters. The van der Waals surface area contributed by atoms with Crippen LogP contribution in [0.3, 0.4) is 0 Å². The summed E-state index contributed by atoms with van der Waals surface area (Å²) < 4.78 is 16.6. The van der Waals surface area contributed by atoms with E-state index in [1.54, 1.807) is 12.1 Å². The molecule has 18 heavy (non-hydrogen) atoms. The van der Waals surface area contributed by atoms with Gasteiger partial charge in [-0.05, 0) is 18.6 Å². The molecule has 1 saturated heterocycles. The average molecular weight is 251 g/mol. The highest BCUT2D eigenvalue weighted by molar-refractivity contribution is 5.89. The Kier molecular flexibility index (Phi) is 4.33. The Morgan fingerprint density at radius 3 is 2.56 bits per heavy atom. The topological polar surface area (TPSA) is 49.1 Å². The first-order valence-corrected chi connectivity index (χ1v) is 6.28. The van der Waals surface area contributed by atoms with Crippen molar-refractivity contribution in [2.24, 2.45) is 0 Å². The second-order valence-corrected chi connectivity index (χ2v) is 4.27. The molecule has 4 heteroatoms. The van der Waals surface area contributed by atoms with Gasteiger partial charge in [-0.1, -0.05) is 25.1 Å². The maximum absolute atomic E-state index is 9.84. The molecule has 98 valence electrons. The lowest BCUT2D eigenvalue weighted by Gasteiger charge is -2.33. The molecule has 1 aliphatic heterocycles. The van der Waals surface area contributed by atoms with E-state index in [0.717, 1.165) is 6.42 Å². The van der Waals surface area contributed by atoms with E-state index in [1.165, 1.54) is 0 Å². The van der Waals surface area contributed by atoms with Crippen molar-refractivity contribution in [3.8, 4) is 0 Å². The summed E-state index contributed by atoms with van der Waals surface area (Å²) in [6, 6.07) is 9.15. The van der Waals surface area contributed by atoms with Crippen LogP contribution in [0, 0.1) is 0 Å². The number of rotatable bonds is 4. The second-order valence-electron chi connectivity index (χ2n) is 4.27. The molecule has 1 aliphatic rings. The van der Waals surface area contributed by atoms with Crippen molar-refractivity contribution in [1.29, 1.82) is 0 Å². The van der Waals surface area contributed by atoms with Gasteiger partial charge in [0.15, 0.2) is 0 Å². The lowest BCUT2D eigenvalue weighted by atomic mass is 10.2. The molecule has 0 bridgehead atoms. The molecule has 0 aliphatic carbocycles. The van der Waals surface area contributed by atoms with E-state index in [9.17, 15) is 4.79 Å². The van der Waals surface area contributed by atoms with E-state index < -0.39 is 5.79 Å². The molecule has 4 nitrogen and oxygen atoms in total. The highest BCUT2D eigenvalue weighted by atomic mass is 16.7. The van der Waals surface area contributed by atoms with Gasteiger partial charge in [0.2, 0.25) is 12.4 Å². The monoisotopic (exact) mass is 251 g/mol. The SMILES string of the molecule is CCC1(COC(=[OH+])c2ccccc2)OCCCO1. The van der Waals surface area contributed by atoms with Gasteiger partial charge in [0.05, 0.1) is 13.2 Å². The predicted octanol–water partition coefficient (Wildman–Crippen LogP) is 2.10. The summed E-state index contributed by atoms with van der Waals surface area (Å²) in [7, 11) is 0. The van der Waals surface area contributed by atoms with Gasteiger partial charge in [0, 0.05) is 6.42 Å². The van der Waals surface area contributed by atoms with E-state index in [1.807, 2.05) is 25.1 Å². The van der Waals surface area contributed by atoms with Crippen LogP contribution in [0.15, 0.2) is 30.3 Å². The number of esters is 1. The summed E-state index contributed by atoms with van der Waals surface area (Å²) in [6.45, 7) is 3.52. The molecular weight excluding hydrogens is 232 g/mol. The van der Waals surface area contributed by atoms with Crippen LogP contribution in [0.1, 0.15) is 25.3 Å². The number of hydrogen-bond donors (Lipinski definition) is 0. The van der Waals surface area contributed by atoms with Crippen molar-refractivity contribution in [2.45, 2.75) is 25.6 Å². The van der Waals surface area contributed by atoms with Gasteiger partial charge in [-0.2, -0.15) is 0 Å². The van der Waals surface area contributed by atoms with Crippen LogP contribution < -0.4 is 0 Å². The molecule has 0 unspecified atom stereocenters. The van der Waals surface area contributed by atoms with Gasteiger partial charge < -0.3 is 19.0 Å². The minimum atomic E-state index is -0.721. The van der Waals surface area contributed by atoms with Crippen molar-refractivity contribution in [2.75, 3.05) is 19.8 Å². The highest BCUT2D eigenvalue weighted by Gasteiger charge is 2.38. The molecule has 0 aromatic heterocycles. The molecule has 1 N–H and O–H groups in total. The highest BCUT2D eigenvalue weighted by Crippen LogP contribution is 2.23. The fourth-order valence-electron chi connectivity index (χ4n) is 1.85. The normalized spacial score (nSPS) is 18.3. The molecule has 0 spiro atoms. The zero-order valence-corrected chi connectivity index (χ0v) is 10.6. The van der Waals surface area contributed by atoms with Gasteiger partial charge in [0.1, 0.15) is 5.56 Å². The van der Waals surface area contributed by atoms with Gasteiger partial charge in [0.25, 0.3) is 0 Å². The largest absolute Gasteiger partial charge is 0.517 e. The lowest BCUT2D eigenvalue weighted by Crippen LogP contribution is -2.44. The number of ether oxygens (including phenoxy) is 3. The zero-order chi connectivity index (χ0) is 12.8. The Hall–Kier alpha value is -1.39. The van der Waals surface area contributed by atoms with Crippen LogP contribution in [-0.2, 0) is 14.2 Å². The Balaban J connectivity index is 1.92. The van der Waals surface area contributed by atoms with Crippen molar-refractivity contribution in [3.05, 3.63) is 35.9 Å². The second kappa shape index (κ2) is 5.98. The molecule has 1 aromatic rings. The van der Waals surface area contributed by atoms with Crippen LogP contribution in [0.25, 0.3) is 0 Å². The maximum Gasteiger partial charge on any atom is 0.517 e. The fraction of sp³-hybridized carbons (Fsp3) is 0.500. The minimum absolute atomic E-state index is 0.0961. The van der Waals surface area contributed by atoms with Crippen molar-refractivity contribution >= 4 is 5.97 Å². The molecular formula is C14H19O4+. The minimum Gasteiger partial charge on any atom is -0.345 e. The maximum atomic E-state index is 9.84. The Morgan fingerprint density at radius 2 is 1.94 bits per heavy atom. The van der Waals surface area contributed by atoms with E-state index >= 15 is 0 Å². The van der Waals surface area contributed by atoms with Crippen molar-refractivity contribution in [3.63, 3.8) is 0 Å².